The molecule has 1 fully saturated rings. The largest absolute Gasteiger partial charge is 0.444 e. The summed E-state index contributed by atoms with van der Waals surface area (Å²) in [5.74, 6) is -0.0535. The topological polar surface area (TPSA) is 118 Å². The Hall–Kier alpha value is -3.86. The average molecular weight is 495 g/mol. The lowest BCUT2D eigenvalue weighted by Gasteiger charge is -2.35. The van der Waals surface area contributed by atoms with Crippen LogP contribution in [-0.4, -0.2) is 73.8 Å². The molecule has 0 atom stereocenters. The maximum atomic E-state index is 12.9. The zero-order valence-corrected chi connectivity index (χ0v) is 20.5. The standard InChI is InChI=1S/C24H26N6O4S/c1-24(2,3)34-23(33)30-14-12-29(13-15-30)21(32)17-9-7-16(8-10-17)20(31)27-22-26-19(28-35-22)18-6-4-5-11-25-18/h4-11H,12-15H2,1-3H3,(H,26,27,28,31). The highest BCUT2D eigenvalue weighted by atomic mass is 32.1. The summed E-state index contributed by atoms with van der Waals surface area (Å²) < 4.78 is 9.62. The van der Waals surface area contributed by atoms with E-state index in [1.54, 1.807) is 52.4 Å². The number of carbonyl (C=O) groups is 3. The van der Waals surface area contributed by atoms with Crippen LogP contribution in [0, 0.1) is 0 Å². The highest BCUT2D eigenvalue weighted by Gasteiger charge is 2.28. The zero-order chi connectivity index (χ0) is 25.0. The van der Waals surface area contributed by atoms with Gasteiger partial charge in [0.15, 0.2) is 5.82 Å². The number of aromatic nitrogens is 3. The predicted octanol–water partition coefficient (Wildman–Crippen LogP) is 3.55. The van der Waals surface area contributed by atoms with Crippen LogP contribution in [0.15, 0.2) is 48.7 Å². The Morgan fingerprint density at radius 1 is 0.943 bits per heavy atom. The molecule has 35 heavy (non-hydrogen) atoms. The van der Waals surface area contributed by atoms with Crippen LogP contribution >= 0.6 is 11.5 Å². The molecule has 182 valence electrons. The first-order valence-corrected chi connectivity index (χ1v) is 11.9. The van der Waals surface area contributed by atoms with Crippen LogP contribution in [-0.2, 0) is 4.74 Å². The van der Waals surface area contributed by atoms with Gasteiger partial charge >= 0.3 is 6.09 Å². The van der Waals surface area contributed by atoms with Crippen LogP contribution in [0.3, 0.4) is 0 Å². The number of amides is 3. The monoisotopic (exact) mass is 494 g/mol. The van der Waals surface area contributed by atoms with Crippen LogP contribution in [0.2, 0.25) is 0 Å². The number of hydrogen-bond acceptors (Lipinski definition) is 8. The van der Waals surface area contributed by atoms with E-state index in [0.29, 0.717) is 54.0 Å². The average Bonchev–Trinajstić information content (AvgIpc) is 3.32. The van der Waals surface area contributed by atoms with Crippen molar-refractivity contribution < 1.29 is 19.1 Å². The van der Waals surface area contributed by atoms with Crippen molar-refractivity contribution in [2.75, 3.05) is 31.5 Å². The first-order chi connectivity index (χ1) is 16.7. The molecule has 3 aromatic rings. The minimum absolute atomic E-state index is 0.148. The summed E-state index contributed by atoms with van der Waals surface area (Å²) in [5.41, 5.74) is 0.931. The third-order valence-electron chi connectivity index (χ3n) is 5.15. The van der Waals surface area contributed by atoms with Crippen molar-refractivity contribution in [3.63, 3.8) is 0 Å². The number of carbonyl (C=O) groups excluding carboxylic acids is 3. The van der Waals surface area contributed by atoms with Gasteiger partial charge in [0.05, 0.1) is 0 Å². The number of nitrogens with one attached hydrogen (secondary N) is 1. The highest BCUT2D eigenvalue weighted by molar-refractivity contribution is 7.10. The fraction of sp³-hybridized carbons (Fsp3) is 0.333. The summed E-state index contributed by atoms with van der Waals surface area (Å²) in [7, 11) is 0. The van der Waals surface area contributed by atoms with Crippen LogP contribution in [0.1, 0.15) is 41.5 Å². The lowest BCUT2D eigenvalue weighted by molar-refractivity contribution is 0.0141. The van der Waals surface area contributed by atoms with Gasteiger partial charge < -0.3 is 14.5 Å². The van der Waals surface area contributed by atoms with Crippen molar-refractivity contribution >= 4 is 34.6 Å². The van der Waals surface area contributed by atoms with Crippen molar-refractivity contribution in [2.45, 2.75) is 26.4 Å². The summed E-state index contributed by atoms with van der Waals surface area (Å²) in [6.07, 6.45) is 1.28. The van der Waals surface area contributed by atoms with Crippen molar-refractivity contribution in [1.82, 2.24) is 24.1 Å². The van der Waals surface area contributed by atoms with E-state index in [2.05, 4.69) is 19.7 Å². The van der Waals surface area contributed by atoms with Crippen LogP contribution in [0.5, 0.6) is 0 Å². The number of nitrogens with zero attached hydrogens (tertiary/aromatic N) is 5. The van der Waals surface area contributed by atoms with E-state index < -0.39 is 5.60 Å². The van der Waals surface area contributed by atoms with Crippen molar-refractivity contribution in [1.29, 1.82) is 0 Å². The number of ether oxygens (including phenoxy) is 1. The van der Waals surface area contributed by atoms with Crippen LogP contribution < -0.4 is 5.32 Å². The van der Waals surface area contributed by atoms with E-state index in [4.69, 9.17) is 4.74 Å². The Morgan fingerprint density at radius 3 is 2.23 bits per heavy atom. The van der Waals surface area contributed by atoms with Gasteiger partial charge in [-0.15, -0.1) is 0 Å². The van der Waals surface area contributed by atoms with Crippen LogP contribution in [0.4, 0.5) is 9.93 Å². The van der Waals surface area contributed by atoms with Gasteiger partial charge in [0.1, 0.15) is 11.3 Å². The summed E-state index contributed by atoms with van der Waals surface area (Å²) in [6.45, 7) is 7.10. The molecule has 0 bridgehead atoms. The third-order valence-corrected chi connectivity index (χ3v) is 5.78. The summed E-state index contributed by atoms with van der Waals surface area (Å²) in [6, 6.07) is 11.9. The second-order valence-corrected chi connectivity index (χ2v) is 9.68. The summed E-state index contributed by atoms with van der Waals surface area (Å²) >= 11 is 1.07. The Balaban J connectivity index is 1.32. The van der Waals surface area contributed by atoms with Crippen molar-refractivity contribution in [3.05, 3.63) is 59.8 Å². The first kappa shape index (κ1) is 24.3. The molecular formula is C24H26N6O4S. The zero-order valence-electron chi connectivity index (χ0n) is 19.7. The molecule has 2 aromatic heterocycles. The number of pyridine rings is 1. The summed E-state index contributed by atoms with van der Waals surface area (Å²) in [4.78, 5) is 49.5. The maximum absolute atomic E-state index is 12.9. The SMILES string of the molecule is CC(C)(C)OC(=O)N1CCN(C(=O)c2ccc(C(=O)Nc3nc(-c4ccccn4)ns3)cc2)CC1. The van der Waals surface area contributed by atoms with Gasteiger partial charge in [0.25, 0.3) is 11.8 Å². The molecule has 0 aliphatic carbocycles. The molecule has 1 N–H and O–H groups in total. The minimum Gasteiger partial charge on any atom is -0.444 e. The summed E-state index contributed by atoms with van der Waals surface area (Å²) in [5, 5.41) is 3.09. The molecule has 1 aliphatic rings. The molecule has 0 spiro atoms. The van der Waals surface area contributed by atoms with Gasteiger partial charge in [0.2, 0.25) is 5.13 Å². The quantitative estimate of drug-likeness (QED) is 0.589. The lowest BCUT2D eigenvalue weighted by atomic mass is 10.1. The molecular weight excluding hydrogens is 468 g/mol. The smallest absolute Gasteiger partial charge is 0.410 e. The van der Waals surface area contributed by atoms with Gasteiger partial charge in [-0.2, -0.15) is 9.36 Å². The first-order valence-electron chi connectivity index (χ1n) is 11.1. The van der Waals surface area contributed by atoms with Crippen LogP contribution in [0.25, 0.3) is 11.5 Å². The second-order valence-electron chi connectivity index (χ2n) is 8.93. The molecule has 11 heteroatoms. The number of piperazine rings is 1. The van der Waals surface area contributed by atoms with E-state index in [9.17, 15) is 14.4 Å². The lowest BCUT2D eigenvalue weighted by Crippen LogP contribution is -2.51. The Morgan fingerprint density at radius 2 is 1.60 bits per heavy atom. The number of rotatable bonds is 4. The van der Waals surface area contributed by atoms with Gasteiger partial charge in [0, 0.05) is 55.0 Å². The van der Waals surface area contributed by atoms with E-state index in [1.807, 2.05) is 26.8 Å². The van der Waals surface area contributed by atoms with Gasteiger partial charge in [-0.3, -0.25) is 19.9 Å². The molecule has 0 radical (unpaired) electrons. The molecule has 0 unspecified atom stereocenters. The van der Waals surface area contributed by atoms with Crippen molar-refractivity contribution in [2.24, 2.45) is 0 Å². The van der Waals surface area contributed by atoms with E-state index in [0.717, 1.165) is 11.5 Å². The molecule has 3 heterocycles. The highest BCUT2D eigenvalue weighted by Crippen LogP contribution is 2.20. The Kier molecular flexibility index (Phi) is 7.06. The molecule has 10 nitrogen and oxygen atoms in total. The van der Waals surface area contributed by atoms with Gasteiger partial charge in [-0.05, 0) is 57.2 Å². The van der Waals surface area contributed by atoms with Gasteiger partial charge in [-0.1, -0.05) is 6.07 Å². The van der Waals surface area contributed by atoms with E-state index >= 15 is 0 Å². The maximum Gasteiger partial charge on any atom is 0.410 e. The molecule has 3 amide bonds. The Labute approximate surface area is 207 Å². The number of benzene rings is 1. The second kappa shape index (κ2) is 10.2. The normalized spacial score (nSPS) is 13.9. The van der Waals surface area contributed by atoms with E-state index in [-0.39, 0.29) is 17.9 Å². The molecule has 1 aromatic carbocycles. The molecule has 0 saturated carbocycles. The number of hydrogen-bond donors (Lipinski definition) is 1. The fourth-order valence-corrected chi connectivity index (χ4v) is 3.98. The van der Waals surface area contributed by atoms with Crippen molar-refractivity contribution in [3.8, 4) is 11.5 Å². The third kappa shape index (κ3) is 6.18. The molecule has 1 saturated heterocycles. The van der Waals surface area contributed by atoms with E-state index in [1.165, 1.54) is 0 Å². The molecule has 1 aliphatic heterocycles. The molecule has 4 rings (SSSR count). The number of anilines is 1. The Bertz CT molecular complexity index is 1200. The predicted molar refractivity (Wildman–Crippen MR) is 131 cm³/mol. The minimum atomic E-state index is -0.560. The fourth-order valence-electron chi connectivity index (χ4n) is 3.41. The van der Waals surface area contributed by atoms with Gasteiger partial charge in [-0.25, -0.2) is 4.79 Å².